The van der Waals surface area contributed by atoms with Crippen molar-refractivity contribution < 1.29 is 14.3 Å². The standard InChI is InChI=1S/C32H37N3O4/c1-7-39-26-18-16-25(17-19-26)35-29(33-28-11-9-8-10-27(28)31(35)37)22(2)34(20-21-38-6)30(36)23-12-14-24(15-13-23)32(3,4)5/h8-19,22H,7,20-21H2,1-6H3. The molecule has 4 rings (SSSR count). The molecule has 7 nitrogen and oxygen atoms in total. The Labute approximate surface area is 230 Å². The van der Waals surface area contributed by atoms with E-state index < -0.39 is 6.04 Å². The molecule has 204 valence electrons. The van der Waals surface area contributed by atoms with Crippen LogP contribution in [0, 0.1) is 0 Å². The Hall–Kier alpha value is -3.97. The summed E-state index contributed by atoms with van der Waals surface area (Å²) in [5.74, 6) is 1.03. The average molecular weight is 528 g/mol. The van der Waals surface area contributed by atoms with E-state index in [1.807, 2.05) is 80.6 Å². The van der Waals surface area contributed by atoms with E-state index in [0.717, 1.165) is 5.56 Å². The zero-order chi connectivity index (χ0) is 28.2. The van der Waals surface area contributed by atoms with Crippen molar-refractivity contribution in [2.75, 3.05) is 26.9 Å². The van der Waals surface area contributed by atoms with Crippen LogP contribution in [0.3, 0.4) is 0 Å². The summed E-state index contributed by atoms with van der Waals surface area (Å²) in [6.45, 7) is 11.5. The van der Waals surface area contributed by atoms with Gasteiger partial charge in [0.1, 0.15) is 11.6 Å². The van der Waals surface area contributed by atoms with Gasteiger partial charge in [-0.2, -0.15) is 0 Å². The largest absolute Gasteiger partial charge is 0.494 e. The van der Waals surface area contributed by atoms with Gasteiger partial charge in [0, 0.05) is 19.2 Å². The smallest absolute Gasteiger partial charge is 0.266 e. The third-order valence-corrected chi connectivity index (χ3v) is 6.84. The van der Waals surface area contributed by atoms with E-state index in [2.05, 4.69) is 20.8 Å². The average Bonchev–Trinajstić information content (AvgIpc) is 2.93. The van der Waals surface area contributed by atoms with Crippen molar-refractivity contribution >= 4 is 16.8 Å². The molecule has 7 heteroatoms. The lowest BCUT2D eigenvalue weighted by Crippen LogP contribution is -2.39. The van der Waals surface area contributed by atoms with Crippen molar-refractivity contribution in [1.82, 2.24) is 14.5 Å². The minimum Gasteiger partial charge on any atom is -0.494 e. The lowest BCUT2D eigenvalue weighted by atomic mass is 9.86. The SMILES string of the molecule is CCOc1ccc(-n2c(C(C)N(CCOC)C(=O)c3ccc(C(C)(C)C)cc3)nc3ccccc3c2=O)cc1. The summed E-state index contributed by atoms with van der Waals surface area (Å²) in [5, 5.41) is 0.509. The number of benzene rings is 3. The van der Waals surface area contributed by atoms with Crippen LogP contribution in [-0.4, -0.2) is 47.2 Å². The Morgan fingerprint density at radius 3 is 2.28 bits per heavy atom. The Bertz CT molecular complexity index is 1490. The van der Waals surface area contributed by atoms with E-state index in [1.54, 1.807) is 22.6 Å². The molecule has 0 saturated heterocycles. The summed E-state index contributed by atoms with van der Waals surface area (Å²) in [7, 11) is 1.61. The monoisotopic (exact) mass is 527 g/mol. The normalized spacial score (nSPS) is 12.4. The van der Waals surface area contributed by atoms with Gasteiger partial charge in [0.25, 0.3) is 11.5 Å². The minimum atomic E-state index is -0.529. The highest BCUT2D eigenvalue weighted by Gasteiger charge is 2.28. The van der Waals surface area contributed by atoms with Crippen LogP contribution in [-0.2, 0) is 10.2 Å². The first-order chi connectivity index (χ1) is 18.7. The summed E-state index contributed by atoms with van der Waals surface area (Å²) >= 11 is 0. The van der Waals surface area contributed by atoms with Gasteiger partial charge in [-0.25, -0.2) is 4.98 Å². The fourth-order valence-electron chi connectivity index (χ4n) is 4.62. The van der Waals surface area contributed by atoms with Crippen molar-refractivity contribution in [2.45, 2.75) is 46.1 Å². The maximum absolute atomic E-state index is 13.9. The second-order valence-corrected chi connectivity index (χ2v) is 10.5. The Kier molecular flexibility index (Phi) is 8.51. The molecule has 1 atom stereocenters. The number of fused-ring (bicyclic) bond motifs is 1. The molecule has 39 heavy (non-hydrogen) atoms. The first-order valence-electron chi connectivity index (χ1n) is 13.3. The maximum atomic E-state index is 13.9. The van der Waals surface area contributed by atoms with Crippen LogP contribution in [0.4, 0.5) is 0 Å². The third kappa shape index (κ3) is 6.04. The quantitative estimate of drug-likeness (QED) is 0.270. The van der Waals surface area contributed by atoms with E-state index >= 15 is 0 Å². The van der Waals surface area contributed by atoms with Gasteiger partial charge in [-0.05, 0) is 73.4 Å². The molecular formula is C32H37N3O4. The predicted octanol–water partition coefficient (Wildman–Crippen LogP) is 5.93. The van der Waals surface area contributed by atoms with E-state index in [0.29, 0.717) is 53.5 Å². The molecule has 0 N–H and O–H groups in total. The lowest BCUT2D eigenvalue weighted by molar-refractivity contribution is 0.0605. The Morgan fingerprint density at radius 1 is 1.00 bits per heavy atom. The van der Waals surface area contributed by atoms with Gasteiger partial charge in [-0.15, -0.1) is 0 Å². The van der Waals surface area contributed by atoms with Crippen LogP contribution in [0.2, 0.25) is 0 Å². The first-order valence-corrected chi connectivity index (χ1v) is 13.3. The van der Waals surface area contributed by atoms with Gasteiger partial charge in [0.15, 0.2) is 0 Å². The molecular weight excluding hydrogens is 490 g/mol. The molecule has 0 aliphatic rings. The van der Waals surface area contributed by atoms with E-state index in [9.17, 15) is 9.59 Å². The number of hydrogen-bond donors (Lipinski definition) is 0. The van der Waals surface area contributed by atoms with E-state index in [-0.39, 0.29) is 16.9 Å². The van der Waals surface area contributed by atoms with Gasteiger partial charge in [-0.1, -0.05) is 45.0 Å². The highest BCUT2D eigenvalue weighted by Crippen LogP contribution is 2.27. The number of carbonyl (C=O) groups is 1. The number of rotatable bonds is 9. The Morgan fingerprint density at radius 2 is 1.67 bits per heavy atom. The van der Waals surface area contributed by atoms with Crippen molar-refractivity contribution in [2.24, 2.45) is 0 Å². The molecule has 0 saturated carbocycles. The highest BCUT2D eigenvalue weighted by atomic mass is 16.5. The molecule has 1 heterocycles. The molecule has 0 aliphatic carbocycles. The number of nitrogens with zero attached hydrogens (tertiary/aromatic N) is 3. The Balaban J connectivity index is 1.83. The second kappa shape index (κ2) is 11.8. The molecule has 1 amide bonds. The molecule has 3 aromatic carbocycles. The second-order valence-electron chi connectivity index (χ2n) is 10.5. The van der Waals surface area contributed by atoms with Gasteiger partial charge in [0.2, 0.25) is 0 Å². The summed E-state index contributed by atoms with van der Waals surface area (Å²) in [5.41, 5.74) is 2.74. The number of aromatic nitrogens is 2. The summed E-state index contributed by atoms with van der Waals surface area (Å²) in [6.07, 6.45) is 0. The molecule has 0 bridgehead atoms. The number of amides is 1. The number of methoxy groups -OCH3 is 1. The fraction of sp³-hybridized carbons (Fsp3) is 0.344. The molecule has 1 aromatic heterocycles. The first kappa shape index (κ1) is 28.0. The van der Waals surface area contributed by atoms with Crippen molar-refractivity contribution in [1.29, 1.82) is 0 Å². The molecule has 0 aliphatic heterocycles. The number of carbonyl (C=O) groups excluding carboxylic acids is 1. The summed E-state index contributed by atoms with van der Waals surface area (Å²) in [6, 6.07) is 21.8. The lowest BCUT2D eigenvalue weighted by Gasteiger charge is -2.31. The summed E-state index contributed by atoms with van der Waals surface area (Å²) in [4.78, 5) is 34.4. The number of para-hydroxylation sites is 1. The zero-order valence-electron chi connectivity index (χ0n) is 23.6. The maximum Gasteiger partial charge on any atom is 0.266 e. The van der Waals surface area contributed by atoms with Gasteiger partial charge in [0.05, 0.1) is 35.8 Å². The van der Waals surface area contributed by atoms with Crippen molar-refractivity contribution in [3.63, 3.8) is 0 Å². The topological polar surface area (TPSA) is 73.7 Å². The van der Waals surface area contributed by atoms with Crippen LogP contribution in [0.25, 0.3) is 16.6 Å². The molecule has 0 radical (unpaired) electrons. The van der Waals surface area contributed by atoms with Crippen LogP contribution < -0.4 is 10.3 Å². The predicted molar refractivity (Wildman–Crippen MR) is 155 cm³/mol. The van der Waals surface area contributed by atoms with Crippen molar-refractivity contribution in [3.05, 3.63) is 100 Å². The van der Waals surface area contributed by atoms with Crippen LogP contribution >= 0.6 is 0 Å². The number of ether oxygens (including phenoxy) is 2. The van der Waals surface area contributed by atoms with E-state index in [1.165, 1.54) is 0 Å². The van der Waals surface area contributed by atoms with Gasteiger partial charge < -0.3 is 14.4 Å². The van der Waals surface area contributed by atoms with Gasteiger partial charge >= 0.3 is 0 Å². The van der Waals surface area contributed by atoms with Crippen molar-refractivity contribution in [3.8, 4) is 11.4 Å². The molecule has 4 aromatic rings. The molecule has 0 spiro atoms. The van der Waals surface area contributed by atoms with Crippen LogP contribution in [0.1, 0.15) is 62.4 Å². The van der Waals surface area contributed by atoms with Crippen LogP contribution in [0.5, 0.6) is 5.75 Å². The number of hydrogen-bond acceptors (Lipinski definition) is 5. The zero-order valence-corrected chi connectivity index (χ0v) is 23.6. The third-order valence-electron chi connectivity index (χ3n) is 6.84. The van der Waals surface area contributed by atoms with Gasteiger partial charge in [-0.3, -0.25) is 14.2 Å². The minimum absolute atomic E-state index is 0.0204. The fourth-order valence-corrected chi connectivity index (χ4v) is 4.62. The van der Waals surface area contributed by atoms with Crippen LogP contribution in [0.15, 0.2) is 77.6 Å². The molecule has 1 unspecified atom stereocenters. The summed E-state index contributed by atoms with van der Waals surface area (Å²) < 4.78 is 12.5. The molecule has 0 fully saturated rings. The highest BCUT2D eigenvalue weighted by molar-refractivity contribution is 5.94. The van der Waals surface area contributed by atoms with E-state index in [4.69, 9.17) is 14.5 Å².